The third kappa shape index (κ3) is 3.65. The van der Waals surface area contributed by atoms with Crippen molar-refractivity contribution in [2.45, 2.75) is 35.5 Å². The Kier molecular flexibility index (Phi) is 5.07. The van der Waals surface area contributed by atoms with Gasteiger partial charge in [0.25, 0.3) is 0 Å². The summed E-state index contributed by atoms with van der Waals surface area (Å²) in [4.78, 5) is 1.78. The first kappa shape index (κ1) is 15.9. The minimum atomic E-state index is -0.255. The lowest BCUT2D eigenvalue weighted by Crippen LogP contribution is -2.26. The van der Waals surface area contributed by atoms with Gasteiger partial charge < -0.3 is 5.32 Å². The number of benzene rings is 2. The van der Waals surface area contributed by atoms with Crippen LogP contribution in [0.2, 0.25) is 5.02 Å². The summed E-state index contributed by atoms with van der Waals surface area (Å²) in [7, 11) is 0. The molecule has 0 aromatic heterocycles. The topological polar surface area (TPSA) is 12.0 Å². The van der Waals surface area contributed by atoms with Crippen LogP contribution in [0.25, 0.3) is 0 Å². The lowest BCUT2D eigenvalue weighted by molar-refractivity contribution is 0.456. The molecule has 116 valence electrons. The molecule has 2 aromatic carbocycles. The predicted octanol–water partition coefficient (Wildman–Crippen LogP) is 5.41. The molecule has 0 bridgehead atoms. The van der Waals surface area contributed by atoms with Crippen molar-refractivity contribution < 1.29 is 4.39 Å². The third-order valence-electron chi connectivity index (χ3n) is 4.06. The highest BCUT2D eigenvalue weighted by Gasteiger charge is 2.19. The van der Waals surface area contributed by atoms with Crippen molar-refractivity contribution in [3.8, 4) is 0 Å². The van der Waals surface area contributed by atoms with Crippen LogP contribution in [0.1, 0.15) is 29.9 Å². The van der Waals surface area contributed by atoms with E-state index in [-0.39, 0.29) is 5.82 Å². The van der Waals surface area contributed by atoms with Gasteiger partial charge in [-0.05, 0) is 68.6 Å². The van der Waals surface area contributed by atoms with Gasteiger partial charge in [-0.25, -0.2) is 4.39 Å². The second kappa shape index (κ2) is 7.03. The van der Waals surface area contributed by atoms with E-state index in [1.165, 1.54) is 29.0 Å². The molecule has 4 heteroatoms. The summed E-state index contributed by atoms with van der Waals surface area (Å²) in [5.74, 6) is 0.299. The van der Waals surface area contributed by atoms with Gasteiger partial charge in [-0.3, -0.25) is 0 Å². The molecule has 1 aliphatic heterocycles. The van der Waals surface area contributed by atoms with Crippen LogP contribution in [0.3, 0.4) is 0 Å². The van der Waals surface area contributed by atoms with Crippen molar-refractivity contribution in [2.24, 2.45) is 0 Å². The van der Waals surface area contributed by atoms with Gasteiger partial charge in [0, 0.05) is 14.8 Å². The summed E-state index contributed by atoms with van der Waals surface area (Å²) < 4.78 is 14.1. The highest BCUT2D eigenvalue weighted by Crippen LogP contribution is 2.38. The zero-order valence-electron chi connectivity index (χ0n) is 12.5. The van der Waals surface area contributed by atoms with Gasteiger partial charge in [0.15, 0.2) is 0 Å². The predicted molar refractivity (Wildman–Crippen MR) is 91.6 cm³/mol. The Labute approximate surface area is 140 Å². The zero-order chi connectivity index (χ0) is 15.5. The van der Waals surface area contributed by atoms with Gasteiger partial charge in [-0.2, -0.15) is 0 Å². The number of aryl methyl sites for hydroxylation is 1. The van der Waals surface area contributed by atoms with Crippen LogP contribution >= 0.6 is 23.4 Å². The Morgan fingerprint density at radius 2 is 1.82 bits per heavy atom. The Morgan fingerprint density at radius 3 is 2.55 bits per heavy atom. The van der Waals surface area contributed by atoms with E-state index in [0.29, 0.717) is 15.8 Å². The van der Waals surface area contributed by atoms with Crippen molar-refractivity contribution in [3.63, 3.8) is 0 Å². The number of nitrogens with one attached hydrogen (secondary N) is 1. The summed E-state index contributed by atoms with van der Waals surface area (Å²) in [6.07, 6.45) is 2.28. The molecule has 1 nitrogen and oxygen atoms in total. The van der Waals surface area contributed by atoms with Gasteiger partial charge in [-0.15, -0.1) is 0 Å². The Bertz CT molecular complexity index is 668. The van der Waals surface area contributed by atoms with E-state index in [4.69, 9.17) is 11.6 Å². The summed E-state index contributed by atoms with van der Waals surface area (Å²) in [5, 5.41) is 3.84. The maximum Gasteiger partial charge on any atom is 0.138 e. The molecule has 0 atom stereocenters. The fourth-order valence-electron chi connectivity index (χ4n) is 2.89. The Morgan fingerprint density at radius 1 is 1.09 bits per heavy atom. The summed E-state index contributed by atoms with van der Waals surface area (Å²) in [6.45, 7) is 4.22. The molecule has 2 aromatic rings. The second-order valence-electron chi connectivity index (χ2n) is 5.74. The molecule has 0 aliphatic carbocycles. The third-order valence-corrected chi connectivity index (χ3v) is 5.44. The number of halogens is 2. The summed E-state index contributed by atoms with van der Waals surface area (Å²) >= 11 is 7.34. The molecule has 1 fully saturated rings. The Hall–Kier alpha value is -1.03. The fraction of sp³-hybridized carbons (Fsp3) is 0.333. The summed E-state index contributed by atoms with van der Waals surface area (Å²) in [6, 6.07) is 11.3. The smallest absolute Gasteiger partial charge is 0.138 e. The first-order chi connectivity index (χ1) is 10.6. The van der Waals surface area contributed by atoms with E-state index in [9.17, 15) is 4.39 Å². The molecule has 1 saturated heterocycles. The zero-order valence-corrected chi connectivity index (χ0v) is 14.1. The van der Waals surface area contributed by atoms with Crippen LogP contribution in [0.15, 0.2) is 46.2 Å². The minimum absolute atomic E-state index is 0.255. The van der Waals surface area contributed by atoms with Crippen molar-refractivity contribution in [2.75, 3.05) is 13.1 Å². The molecule has 1 aliphatic rings. The van der Waals surface area contributed by atoms with Gasteiger partial charge in [0.05, 0.1) is 0 Å². The number of hydrogen-bond acceptors (Lipinski definition) is 2. The van der Waals surface area contributed by atoms with Crippen LogP contribution in [-0.2, 0) is 0 Å². The van der Waals surface area contributed by atoms with Gasteiger partial charge in [0.1, 0.15) is 5.82 Å². The quantitative estimate of drug-likeness (QED) is 0.805. The lowest BCUT2D eigenvalue weighted by Gasteiger charge is -2.25. The van der Waals surface area contributed by atoms with Crippen LogP contribution in [0, 0.1) is 12.7 Å². The monoisotopic (exact) mass is 335 g/mol. The highest BCUT2D eigenvalue weighted by atomic mass is 35.5. The van der Waals surface area contributed by atoms with Crippen LogP contribution in [0.5, 0.6) is 0 Å². The molecule has 0 unspecified atom stereocenters. The average Bonchev–Trinajstić information content (AvgIpc) is 2.52. The number of hydrogen-bond donors (Lipinski definition) is 1. The van der Waals surface area contributed by atoms with Crippen molar-refractivity contribution in [3.05, 3.63) is 58.4 Å². The Balaban J connectivity index is 1.92. The van der Waals surface area contributed by atoms with E-state index in [0.717, 1.165) is 30.8 Å². The maximum absolute atomic E-state index is 14.1. The summed E-state index contributed by atoms with van der Waals surface area (Å²) in [5.41, 5.74) is 2.61. The molecule has 0 spiro atoms. The van der Waals surface area contributed by atoms with Crippen molar-refractivity contribution in [1.29, 1.82) is 0 Å². The molecule has 1 heterocycles. The minimum Gasteiger partial charge on any atom is -0.317 e. The van der Waals surface area contributed by atoms with Gasteiger partial charge in [-0.1, -0.05) is 41.1 Å². The van der Waals surface area contributed by atoms with Crippen LogP contribution in [0.4, 0.5) is 4.39 Å². The lowest BCUT2D eigenvalue weighted by atomic mass is 9.89. The normalized spacial score (nSPS) is 16.0. The SMILES string of the molecule is Cc1ccc(Sc2ccc(Cl)cc2F)c(C2CCNCC2)c1. The molecule has 1 N–H and O–H groups in total. The molecular formula is C18H19ClFNS. The molecule has 0 radical (unpaired) electrons. The number of piperidine rings is 1. The van der Waals surface area contributed by atoms with E-state index < -0.39 is 0 Å². The van der Waals surface area contributed by atoms with E-state index >= 15 is 0 Å². The molecule has 0 saturated carbocycles. The van der Waals surface area contributed by atoms with Gasteiger partial charge in [0.2, 0.25) is 0 Å². The van der Waals surface area contributed by atoms with E-state index in [1.807, 2.05) is 0 Å². The standard InChI is InChI=1S/C18H19ClFNS/c1-12-2-4-17(15(10-12)13-6-8-21-9-7-13)22-18-5-3-14(19)11-16(18)20/h2-5,10-11,13,21H,6-9H2,1H3. The highest BCUT2D eigenvalue weighted by molar-refractivity contribution is 7.99. The number of rotatable bonds is 3. The largest absolute Gasteiger partial charge is 0.317 e. The van der Waals surface area contributed by atoms with Crippen LogP contribution in [-0.4, -0.2) is 13.1 Å². The molecule has 22 heavy (non-hydrogen) atoms. The maximum atomic E-state index is 14.1. The van der Waals surface area contributed by atoms with E-state index in [1.54, 1.807) is 12.1 Å². The molecule has 3 rings (SSSR count). The molecular weight excluding hydrogens is 317 g/mol. The first-order valence-corrected chi connectivity index (χ1v) is 8.77. The van der Waals surface area contributed by atoms with Crippen molar-refractivity contribution in [1.82, 2.24) is 5.32 Å². The average molecular weight is 336 g/mol. The van der Waals surface area contributed by atoms with Gasteiger partial charge >= 0.3 is 0 Å². The van der Waals surface area contributed by atoms with Crippen LogP contribution < -0.4 is 5.32 Å². The molecule has 0 amide bonds. The van der Waals surface area contributed by atoms with Crippen molar-refractivity contribution >= 4 is 23.4 Å². The first-order valence-electron chi connectivity index (χ1n) is 7.57. The van der Waals surface area contributed by atoms with E-state index in [2.05, 4.69) is 30.4 Å². The second-order valence-corrected chi connectivity index (χ2v) is 7.26. The fourth-order valence-corrected chi connectivity index (χ4v) is 4.06.